The zero-order chi connectivity index (χ0) is 11.3. The summed E-state index contributed by atoms with van der Waals surface area (Å²) in [5, 5.41) is 3.15. The molecular formula is C9H18N5O+. The molecule has 84 valence electrons. The second-order valence-corrected chi connectivity index (χ2v) is 4.13. The third-order valence-corrected chi connectivity index (χ3v) is 3.35. The van der Waals surface area contributed by atoms with Gasteiger partial charge < -0.3 is 0 Å². The Morgan fingerprint density at radius 1 is 1.20 bits per heavy atom. The molecule has 0 bridgehead atoms. The normalized spacial score (nSPS) is 30.5. The van der Waals surface area contributed by atoms with Gasteiger partial charge in [0.1, 0.15) is 0 Å². The van der Waals surface area contributed by atoms with Gasteiger partial charge in [0, 0.05) is 14.1 Å². The molecule has 0 aromatic heterocycles. The molecule has 15 heavy (non-hydrogen) atoms. The Bertz CT molecular complexity index is 339. The molecule has 0 aromatic rings. The Balaban J connectivity index is 2.41. The van der Waals surface area contributed by atoms with Gasteiger partial charge in [0.2, 0.25) is 12.3 Å². The van der Waals surface area contributed by atoms with Gasteiger partial charge in [-0.1, -0.05) is 0 Å². The smallest absolute Gasteiger partial charge is 0.290 e. The number of amides is 2. The van der Waals surface area contributed by atoms with E-state index in [1.165, 1.54) is 0 Å². The molecule has 2 atom stereocenters. The van der Waals surface area contributed by atoms with Crippen molar-refractivity contribution in [2.24, 2.45) is 0 Å². The Kier molecular flexibility index (Phi) is 2.02. The fourth-order valence-electron chi connectivity index (χ4n) is 2.65. The van der Waals surface area contributed by atoms with E-state index in [4.69, 9.17) is 0 Å². The molecule has 2 aliphatic rings. The first kappa shape index (κ1) is 10.1. The topological polar surface area (TPSA) is 41.8 Å². The Morgan fingerprint density at radius 2 is 1.80 bits per heavy atom. The van der Waals surface area contributed by atoms with E-state index in [0.717, 1.165) is 5.96 Å². The number of urea groups is 1. The molecule has 2 amide bonds. The minimum atomic E-state index is 0.0684. The minimum Gasteiger partial charge on any atom is -0.290 e. The highest BCUT2D eigenvalue weighted by atomic mass is 16.2. The van der Waals surface area contributed by atoms with Crippen LogP contribution in [0.3, 0.4) is 0 Å². The summed E-state index contributed by atoms with van der Waals surface area (Å²) in [4.78, 5) is 17.4. The lowest BCUT2D eigenvalue weighted by atomic mass is 10.4. The van der Waals surface area contributed by atoms with Gasteiger partial charge >= 0.3 is 12.0 Å². The van der Waals surface area contributed by atoms with Crippen LogP contribution >= 0.6 is 0 Å². The van der Waals surface area contributed by atoms with E-state index in [1.54, 1.807) is 9.80 Å². The number of hydrogen-bond donors (Lipinski definition) is 1. The molecule has 0 saturated carbocycles. The van der Waals surface area contributed by atoms with Crippen LogP contribution < -0.4 is 5.32 Å². The third-order valence-electron chi connectivity index (χ3n) is 3.35. The zero-order valence-corrected chi connectivity index (χ0v) is 9.85. The maximum Gasteiger partial charge on any atom is 0.351 e. The van der Waals surface area contributed by atoms with Gasteiger partial charge in [-0.2, -0.15) is 0 Å². The number of nitrogens with one attached hydrogen (secondary N) is 1. The monoisotopic (exact) mass is 212 g/mol. The van der Waals surface area contributed by atoms with E-state index in [0.29, 0.717) is 0 Å². The summed E-state index contributed by atoms with van der Waals surface area (Å²) >= 11 is 0. The van der Waals surface area contributed by atoms with Crippen LogP contribution in [-0.4, -0.2) is 78.8 Å². The van der Waals surface area contributed by atoms with Crippen molar-refractivity contribution in [3.05, 3.63) is 0 Å². The van der Waals surface area contributed by atoms with Gasteiger partial charge in [-0.05, 0) is 0 Å². The van der Waals surface area contributed by atoms with Crippen LogP contribution in [0.25, 0.3) is 0 Å². The van der Waals surface area contributed by atoms with E-state index >= 15 is 0 Å². The second kappa shape index (κ2) is 3.01. The summed E-state index contributed by atoms with van der Waals surface area (Å²) in [5.74, 6) is 1.04. The van der Waals surface area contributed by atoms with Gasteiger partial charge in [0.25, 0.3) is 0 Å². The van der Waals surface area contributed by atoms with E-state index in [2.05, 4.69) is 14.8 Å². The van der Waals surface area contributed by atoms with Crippen LogP contribution in [-0.2, 0) is 0 Å². The lowest BCUT2D eigenvalue weighted by Gasteiger charge is -2.20. The van der Waals surface area contributed by atoms with Gasteiger partial charge in [0.05, 0.1) is 21.1 Å². The quantitative estimate of drug-likeness (QED) is 0.513. The minimum absolute atomic E-state index is 0.0684. The van der Waals surface area contributed by atoms with Crippen molar-refractivity contribution in [1.82, 2.24) is 20.0 Å². The fraction of sp³-hybridized carbons (Fsp3) is 0.778. The molecule has 0 unspecified atom stereocenters. The van der Waals surface area contributed by atoms with Crippen molar-refractivity contribution in [3.8, 4) is 0 Å². The van der Waals surface area contributed by atoms with Crippen molar-refractivity contribution >= 4 is 12.0 Å². The predicted octanol–water partition coefficient (Wildman–Crippen LogP) is -1.20. The molecule has 2 aliphatic heterocycles. The lowest BCUT2D eigenvalue weighted by molar-refractivity contribution is -0.551. The SMILES string of the molecule is CNC1=[N+](C)[C@H]2[C@H](N(C)C(=O)N2C)N1C. The van der Waals surface area contributed by atoms with Gasteiger partial charge in [-0.15, -0.1) is 0 Å². The number of guanidine groups is 1. The van der Waals surface area contributed by atoms with Crippen LogP contribution in [0.5, 0.6) is 0 Å². The van der Waals surface area contributed by atoms with Crippen LogP contribution in [0.1, 0.15) is 0 Å². The summed E-state index contributed by atoms with van der Waals surface area (Å²) in [6, 6.07) is 0.0684. The van der Waals surface area contributed by atoms with E-state index in [1.807, 2.05) is 35.2 Å². The summed E-state index contributed by atoms with van der Waals surface area (Å²) < 4.78 is 2.09. The standard InChI is InChI=1S/C9H17N5O/c1-10-8-11(2)6-7(12(8)3)14(5)9(15)13(6)4/h6-7H,1-5H3/p+1/t6-,7+. The van der Waals surface area contributed by atoms with E-state index in [-0.39, 0.29) is 18.4 Å². The van der Waals surface area contributed by atoms with Gasteiger partial charge in [0.15, 0.2) is 0 Å². The molecule has 2 rings (SSSR count). The van der Waals surface area contributed by atoms with Crippen LogP contribution in [0.4, 0.5) is 4.79 Å². The van der Waals surface area contributed by atoms with Gasteiger partial charge in [-0.25, -0.2) is 14.3 Å². The molecule has 1 saturated heterocycles. The second-order valence-electron chi connectivity index (χ2n) is 4.13. The summed E-state index contributed by atoms with van der Waals surface area (Å²) in [5.41, 5.74) is 0. The zero-order valence-electron chi connectivity index (χ0n) is 9.85. The van der Waals surface area contributed by atoms with Crippen LogP contribution in [0, 0.1) is 0 Å². The van der Waals surface area contributed by atoms with Crippen molar-refractivity contribution in [2.75, 3.05) is 35.2 Å². The Labute approximate surface area is 89.7 Å². The average molecular weight is 212 g/mol. The van der Waals surface area contributed by atoms with Crippen molar-refractivity contribution in [1.29, 1.82) is 0 Å². The highest BCUT2D eigenvalue weighted by Gasteiger charge is 2.55. The number of fused-ring (bicyclic) bond motifs is 1. The average Bonchev–Trinajstić information content (AvgIpc) is 2.58. The largest absolute Gasteiger partial charge is 0.351 e. The molecule has 0 radical (unpaired) electrons. The first-order chi connectivity index (χ1) is 7.00. The number of carbonyl (C=O) groups is 1. The summed E-state index contributed by atoms with van der Waals surface area (Å²) in [7, 11) is 9.57. The molecule has 0 spiro atoms. The maximum atomic E-state index is 11.8. The molecule has 6 heteroatoms. The highest BCUT2D eigenvalue weighted by molar-refractivity contribution is 5.82. The van der Waals surface area contributed by atoms with Crippen molar-refractivity contribution < 1.29 is 9.37 Å². The maximum absolute atomic E-state index is 11.8. The van der Waals surface area contributed by atoms with Crippen LogP contribution in [0.15, 0.2) is 0 Å². The molecule has 1 fully saturated rings. The first-order valence-electron chi connectivity index (χ1n) is 5.00. The number of rotatable bonds is 0. The van der Waals surface area contributed by atoms with Crippen molar-refractivity contribution in [3.63, 3.8) is 0 Å². The first-order valence-corrected chi connectivity index (χ1v) is 5.00. The lowest BCUT2D eigenvalue weighted by Crippen LogP contribution is -2.47. The number of hydrogen-bond acceptors (Lipinski definition) is 3. The molecule has 2 heterocycles. The molecule has 1 N–H and O–H groups in total. The van der Waals surface area contributed by atoms with Crippen molar-refractivity contribution in [2.45, 2.75) is 12.3 Å². The Morgan fingerprint density at radius 3 is 2.27 bits per heavy atom. The van der Waals surface area contributed by atoms with Crippen LogP contribution in [0.2, 0.25) is 0 Å². The number of likely N-dealkylation sites (N-methyl/N-ethyl adjacent to an activating group) is 4. The highest BCUT2D eigenvalue weighted by Crippen LogP contribution is 2.26. The molecular weight excluding hydrogens is 194 g/mol. The molecule has 6 nitrogen and oxygen atoms in total. The summed E-state index contributed by atoms with van der Waals surface area (Å²) in [6.45, 7) is 0. The third kappa shape index (κ3) is 1.04. The molecule has 0 aliphatic carbocycles. The number of carbonyl (C=O) groups excluding carboxylic acids is 1. The summed E-state index contributed by atoms with van der Waals surface area (Å²) in [6.07, 6.45) is 0.185. The predicted molar refractivity (Wildman–Crippen MR) is 56.5 cm³/mol. The Hall–Kier alpha value is -1.46. The molecule has 0 aromatic carbocycles. The van der Waals surface area contributed by atoms with E-state index in [9.17, 15) is 4.79 Å². The van der Waals surface area contributed by atoms with Gasteiger partial charge in [-0.3, -0.25) is 15.1 Å². The van der Waals surface area contributed by atoms with E-state index < -0.39 is 0 Å². The number of nitrogens with zero attached hydrogens (tertiary/aromatic N) is 4. The fourth-order valence-corrected chi connectivity index (χ4v) is 2.65.